The predicted molar refractivity (Wildman–Crippen MR) is 67.2 cm³/mol. The van der Waals surface area contributed by atoms with Crippen molar-refractivity contribution in [3.8, 4) is 5.75 Å². The molecule has 0 heterocycles. The van der Waals surface area contributed by atoms with Gasteiger partial charge in [0.2, 0.25) is 0 Å². The average molecular weight is 268 g/mol. The molecule has 0 fully saturated rings. The number of nitrogens with one attached hydrogen (secondary N) is 1. The number of benzene rings is 2. The van der Waals surface area contributed by atoms with Crippen LogP contribution in [0, 0.1) is 5.82 Å². The highest BCUT2D eigenvalue weighted by atomic mass is 19.3. The molecule has 0 bridgehead atoms. The Labute approximate surface area is 107 Å². The van der Waals surface area contributed by atoms with Crippen LogP contribution < -0.4 is 15.8 Å². The maximum atomic E-state index is 13.1. The summed E-state index contributed by atoms with van der Waals surface area (Å²) in [4.78, 5) is 0. The third-order valence-electron chi connectivity index (χ3n) is 2.39. The molecule has 0 saturated carbocycles. The van der Waals surface area contributed by atoms with Crippen molar-refractivity contribution in [1.29, 1.82) is 0 Å². The molecule has 2 aromatic carbocycles. The summed E-state index contributed by atoms with van der Waals surface area (Å²) in [5, 5.41) is 2.76. The number of para-hydroxylation sites is 2. The summed E-state index contributed by atoms with van der Waals surface area (Å²) in [5.41, 5.74) is 6.53. The summed E-state index contributed by atoms with van der Waals surface area (Å²) in [7, 11) is 0. The molecule has 0 radical (unpaired) electrons. The molecule has 0 aromatic heterocycles. The van der Waals surface area contributed by atoms with Crippen molar-refractivity contribution in [2.45, 2.75) is 6.61 Å². The van der Waals surface area contributed by atoms with Crippen molar-refractivity contribution in [2.75, 3.05) is 11.1 Å². The second-order valence-corrected chi connectivity index (χ2v) is 3.73. The summed E-state index contributed by atoms with van der Waals surface area (Å²) in [6.45, 7) is -2.94. The number of nitrogen functional groups attached to an aromatic ring is 1. The lowest BCUT2D eigenvalue weighted by atomic mass is 10.2. The predicted octanol–water partition coefficient (Wildman–Crippen LogP) is 3.75. The maximum absolute atomic E-state index is 13.1. The first-order valence-electron chi connectivity index (χ1n) is 5.42. The number of hydrogen-bond donors (Lipinski definition) is 2. The van der Waals surface area contributed by atoms with E-state index in [1.165, 1.54) is 30.3 Å². The third kappa shape index (κ3) is 3.31. The lowest BCUT2D eigenvalue weighted by Gasteiger charge is -2.13. The van der Waals surface area contributed by atoms with Gasteiger partial charge in [0.25, 0.3) is 0 Å². The van der Waals surface area contributed by atoms with Crippen molar-refractivity contribution >= 4 is 17.1 Å². The fourth-order valence-electron chi connectivity index (χ4n) is 1.55. The van der Waals surface area contributed by atoms with E-state index in [1.807, 2.05) is 0 Å². The molecule has 3 N–H and O–H groups in total. The van der Waals surface area contributed by atoms with Crippen LogP contribution in [0.15, 0.2) is 42.5 Å². The molecule has 0 spiro atoms. The Kier molecular flexibility index (Phi) is 3.79. The number of nitrogens with two attached hydrogens (primary N) is 1. The summed E-state index contributed by atoms with van der Waals surface area (Å²) >= 11 is 0. The van der Waals surface area contributed by atoms with E-state index in [0.29, 0.717) is 5.69 Å². The number of halogens is 3. The summed E-state index contributed by atoms with van der Waals surface area (Å²) in [6.07, 6.45) is 0. The first-order chi connectivity index (χ1) is 9.06. The van der Waals surface area contributed by atoms with Crippen LogP contribution in [0.1, 0.15) is 0 Å². The highest BCUT2D eigenvalue weighted by molar-refractivity contribution is 5.75. The zero-order valence-corrected chi connectivity index (χ0v) is 9.74. The quantitative estimate of drug-likeness (QED) is 0.830. The van der Waals surface area contributed by atoms with E-state index in [2.05, 4.69) is 10.1 Å². The molecule has 3 nitrogen and oxygen atoms in total. The van der Waals surface area contributed by atoms with Gasteiger partial charge in [-0.15, -0.1) is 0 Å². The Hall–Kier alpha value is -2.37. The summed E-state index contributed by atoms with van der Waals surface area (Å²) < 4.78 is 42.0. The summed E-state index contributed by atoms with van der Waals surface area (Å²) in [6, 6.07) is 9.87. The van der Waals surface area contributed by atoms with E-state index in [0.717, 1.165) is 0 Å². The number of ether oxygens (including phenoxy) is 1. The Morgan fingerprint density at radius 2 is 1.79 bits per heavy atom. The smallest absolute Gasteiger partial charge is 0.387 e. The van der Waals surface area contributed by atoms with Gasteiger partial charge in [-0.1, -0.05) is 12.1 Å². The SMILES string of the molecule is Nc1ccc(F)cc1Nc1ccccc1OC(F)F. The van der Waals surface area contributed by atoms with Gasteiger partial charge >= 0.3 is 6.61 Å². The minimum atomic E-state index is -2.94. The molecule has 0 atom stereocenters. The minimum absolute atomic E-state index is 0.0406. The van der Waals surface area contributed by atoms with Gasteiger partial charge in [0.1, 0.15) is 11.6 Å². The van der Waals surface area contributed by atoms with E-state index < -0.39 is 12.4 Å². The zero-order valence-electron chi connectivity index (χ0n) is 9.74. The number of alkyl halides is 2. The second-order valence-electron chi connectivity index (χ2n) is 3.73. The van der Waals surface area contributed by atoms with E-state index in [4.69, 9.17) is 5.73 Å². The van der Waals surface area contributed by atoms with Crippen molar-refractivity contribution in [2.24, 2.45) is 0 Å². The van der Waals surface area contributed by atoms with Crippen LogP contribution in [-0.4, -0.2) is 6.61 Å². The number of rotatable bonds is 4. The third-order valence-corrected chi connectivity index (χ3v) is 2.39. The van der Waals surface area contributed by atoms with Crippen LogP contribution in [-0.2, 0) is 0 Å². The molecule has 0 amide bonds. The molecule has 0 unspecified atom stereocenters. The molecule has 19 heavy (non-hydrogen) atoms. The van der Waals surface area contributed by atoms with Crippen molar-refractivity contribution < 1.29 is 17.9 Å². The van der Waals surface area contributed by atoms with Gasteiger partial charge in [-0.05, 0) is 30.3 Å². The van der Waals surface area contributed by atoms with Gasteiger partial charge in [-0.25, -0.2) is 4.39 Å². The Balaban J connectivity index is 2.30. The van der Waals surface area contributed by atoms with Gasteiger partial charge in [0, 0.05) is 0 Å². The van der Waals surface area contributed by atoms with Gasteiger partial charge in [-0.3, -0.25) is 0 Å². The Morgan fingerprint density at radius 3 is 2.53 bits per heavy atom. The molecule has 6 heteroatoms. The van der Waals surface area contributed by atoms with Crippen LogP contribution in [0.4, 0.5) is 30.2 Å². The molecule has 0 saturated heterocycles. The molecule has 2 aromatic rings. The largest absolute Gasteiger partial charge is 0.433 e. The number of anilines is 3. The molecular formula is C13H11F3N2O. The fraction of sp³-hybridized carbons (Fsp3) is 0.0769. The molecule has 100 valence electrons. The number of hydrogen-bond acceptors (Lipinski definition) is 3. The van der Waals surface area contributed by atoms with Gasteiger partial charge in [0.15, 0.2) is 0 Å². The molecule has 0 aliphatic carbocycles. The average Bonchev–Trinajstić information content (AvgIpc) is 2.35. The van der Waals surface area contributed by atoms with Crippen LogP contribution >= 0.6 is 0 Å². The van der Waals surface area contributed by atoms with Crippen LogP contribution in [0.5, 0.6) is 5.75 Å². The molecular weight excluding hydrogens is 257 g/mol. The zero-order chi connectivity index (χ0) is 13.8. The van der Waals surface area contributed by atoms with Gasteiger partial charge < -0.3 is 15.8 Å². The van der Waals surface area contributed by atoms with Crippen molar-refractivity contribution in [1.82, 2.24) is 0 Å². The van der Waals surface area contributed by atoms with Crippen molar-refractivity contribution in [3.63, 3.8) is 0 Å². The lowest BCUT2D eigenvalue weighted by molar-refractivity contribution is -0.0493. The van der Waals surface area contributed by atoms with Crippen LogP contribution in [0.3, 0.4) is 0 Å². The maximum Gasteiger partial charge on any atom is 0.387 e. The highest BCUT2D eigenvalue weighted by Crippen LogP contribution is 2.31. The first-order valence-corrected chi connectivity index (χ1v) is 5.42. The van der Waals surface area contributed by atoms with E-state index in [9.17, 15) is 13.2 Å². The van der Waals surface area contributed by atoms with Gasteiger partial charge in [-0.2, -0.15) is 8.78 Å². The Bertz CT molecular complexity index is 576. The standard InChI is InChI=1S/C13H11F3N2O/c14-8-5-6-9(17)11(7-8)18-10-3-1-2-4-12(10)19-13(15)16/h1-7,13,18H,17H2. The van der Waals surface area contributed by atoms with Crippen LogP contribution in [0.2, 0.25) is 0 Å². The van der Waals surface area contributed by atoms with E-state index in [1.54, 1.807) is 12.1 Å². The van der Waals surface area contributed by atoms with E-state index in [-0.39, 0.29) is 17.1 Å². The van der Waals surface area contributed by atoms with Crippen LogP contribution in [0.25, 0.3) is 0 Å². The van der Waals surface area contributed by atoms with Crippen molar-refractivity contribution in [3.05, 3.63) is 48.3 Å². The lowest BCUT2D eigenvalue weighted by Crippen LogP contribution is -2.05. The van der Waals surface area contributed by atoms with E-state index >= 15 is 0 Å². The summed E-state index contributed by atoms with van der Waals surface area (Å²) in [5.74, 6) is -0.523. The van der Waals surface area contributed by atoms with Gasteiger partial charge in [0.05, 0.1) is 17.1 Å². The molecule has 0 aliphatic heterocycles. The monoisotopic (exact) mass is 268 g/mol. The molecule has 0 aliphatic rings. The fourth-order valence-corrected chi connectivity index (χ4v) is 1.55. The Morgan fingerprint density at radius 1 is 1.05 bits per heavy atom. The minimum Gasteiger partial charge on any atom is -0.433 e. The molecule has 2 rings (SSSR count). The topological polar surface area (TPSA) is 47.3 Å². The first kappa shape index (κ1) is 13.1. The second kappa shape index (κ2) is 5.51. The highest BCUT2D eigenvalue weighted by Gasteiger charge is 2.10. The normalized spacial score (nSPS) is 10.5.